The van der Waals surface area contributed by atoms with Crippen LogP contribution in [0, 0.1) is 0 Å². The van der Waals surface area contributed by atoms with Gasteiger partial charge in [0.05, 0.1) is 56.4 Å². The summed E-state index contributed by atoms with van der Waals surface area (Å²) in [5.41, 5.74) is 8.10. The fourth-order valence-corrected chi connectivity index (χ4v) is 5.69. The Hall–Kier alpha value is -3.32. The number of nitrogens with zero attached hydrogens (tertiary/aromatic N) is 6. The molecule has 5 rings (SSSR count). The van der Waals surface area contributed by atoms with Crippen molar-refractivity contribution in [3.8, 4) is 0 Å². The molecule has 0 saturated carbocycles. The molecule has 3 unspecified atom stereocenters. The van der Waals surface area contributed by atoms with E-state index in [1.54, 1.807) is 30.7 Å². The Labute approximate surface area is 291 Å². The quantitative estimate of drug-likeness (QED) is 0.354. The van der Waals surface area contributed by atoms with Gasteiger partial charge in [0, 0.05) is 54.2 Å². The number of halogens is 2. The highest BCUT2D eigenvalue weighted by Gasteiger charge is 2.19. The third kappa shape index (κ3) is 15.7. The van der Waals surface area contributed by atoms with E-state index in [1.807, 2.05) is 59.1 Å². The number of rotatable bonds is 4. The van der Waals surface area contributed by atoms with Crippen LogP contribution < -0.4 is 0 Å². The number of hydrogen-bond donors (Lipinski definition) is 0. The Balaban J connectivity index is 0.000000573. The SMILES string of the molecule is CC1=C(C)CN=C1.CC1=C(S(C)=O)CN=C1.CC1=CCN=C1C(C)F.CC1=CCN=C1S(C)=O.CCN(C)C(=O)C1=NCC=C1C.CF. The van der Waals surface area contributed by atoms with Crippen LogP contribution >= 0.6 is 0 Å². The fraction of sp³-hybridized carbons (Fsp3) is 0.543. The first-order valence-corrected chi connectivity index (χ1v) is 18.7. The predicted molar refractivity (Wildman–Crippen MR) is 205 cm³/mol. The lowest BCUT2D eigenvalue weighted by Crippen LogP contribution is -2.32. The first-order chi connectivity index (χ1) is 22.6. The maximum Gasteiger partial charge on any atom is 0.271 e. The van der Waals surface area contributed by atoms with E-state index in [2.05, 4.69) is 38.8 Å². The molecule has 268 valence electrons. The van der Waals surface area contributed by atoms with Gasteiger partial charge in [0.15, 0.2) is 0 Å². The first kappa shape index (κ1) is 44.7. The molecule has 0 spiro atoms. The van der Waals surface area contributed by atoms with Crippen molar-refractivity contribution in [2.75, 3.05) is 66.0 Å². The van der Waals surface area contributed by atoms with Gasteiger partial charge in [0.25, 0.3) is 5.91 Å². The number of alkyl halides is 2. The molecule has 1 amide bonds. The van der Waals surface area contributed by atoms with Gasteiger partial charge in [-0.15, -0.1) is 0 Å². The third-order valence-electron chi connectivity index (χ3n) is 7.32. The van der Waals surface area contributed by atoms with E-state index in [4.69, 9.17) is 0 Å². The van der Waals surface area contributed by atoms with Gasteiger partial charge in [-0.05, 0) is 88.8 Å². The molecule has 0 radical (unpaired) electrons. The van der Waals surface area contributed by atoms with Crippen molar-refractivity contribution in [2.24, 2.45) is 25.0 Å². The molecule has 0 aliphatic carbocycles. The molecule has 48 heavy (non-hydrogen) atoms. The zero-order valence-electron chi connectivity index (χ0n) is 30.7. The molecule has 5 heterocycles. The van der Waals surface area contributed by atoms with Crippen molar-refractivity contribution >= 4 is 56.4 Å². The highest BCUT2D eigenvalue weighted by atomic mass is 32.2. The number of allylic oxidation sites excluding steroid dienone is 3. The van der Waals surface area contributed by atoms with E-state index >= 15 is 0 Å². The average Bonchev–Trinajstić information content (AvgIpc) is 3.90. The van der Waals surface area contributed by atoms with Crippen LogP contribution in [0.25, 0.3) is 0 Å². The van der Waals surface area contributed by atoms with Crippen molar-refractivity contribution in [3.05, 3.63) is 56.6 Å². The minimum atomic E-state index is -0.899. The fourth-order valence-electron chi connectivity index (χ4n) is 4.13. The lowest BCUT2D eigenvalue weighted by molar-refractivity contribution is -0.122. The van der Waals surface area contributed by atoms with Crippen LogP contribution in [0.15, 0.2) is 81.5 Å². The molecule has 13 heteroatoms. The lowest BCUT2D eigenvalue weighted by Gasteiger charge is -2.14. The summed E-state index contributed by atoms with van der Waals surface area (Å²) < 4.78 is 43.6. The van der Waals surface area contributed by atoms with Gasteiger partial charge in [-0.25, -0.2) is 4.39 Å². The second-order valence-corrected chi connectivity index (χ2v) is 13.8. The maximum atomic E-state index is 12.5. The predicted octanol–water partition coefficient (Wildman–Crippen LogP) is 6.05. The van der Waals surface area contributed by atoms with Crippen LogP contribution in [0.3, 0.4) is 0 Å². The largest absolute Gasteiger partial charge is 0.341 e. The second-order valence-electron chi connectivity index (χ2n) is 11.1. The van der Waals surface area contributed by atoms with Crippen LogP contribution in [0.1, 0.15) is 55.4 Å². The van der Waals surface area contributed by atoms with Gasteiger partial charge in [-0.3, -0.25) is 42.6 Å². The van der Waals surface area contributed by atoms with E-state index in [0.29, 0.717) is 44.8 Å². The van der Waals surface area contributed by atoms with E-state index < -0.39 is 27.8 Å². The molecule has 5 aliphatic rings. The summed E-state index contributed by atoms with van der Waals surface area (Å²) in [6.45, 7) is 19.7. The number of amides is 1. The molecule has 0 saturated heterocycles. The van der Waals surface area contributed by atoms with E-state index in [1.165, 1.54) is 18.1 Å². The minimum Gasteiger partial charge on any atom is -0.341 e. The zero-order valence-corrected chi connectivity index (χ0v) is 32.3. The summed E-state index contributed by atoms with van der Waals surface area (Å²) in [7, 11) is 0.583. The van der Waals surface area contributed by atoms with E-state index in [0.717, 1.165) is 45.3 Å². The third-order valence-corrected chi connectivity index (χ3v) is 9.46. The highest BCUT2D eigenvalue weighted by Crippen LogP contribution is 2.12. The lowest BCUT2D eigenvalue weighted by atomic mass is 10.1. The molecular formula is C35H54F2N6O3S2. The van der Waals surface area contributed by atoms with Crippen molar-refractivity contribution in [1.82, 2.24) is 4.90 Å². The number of aliphatic imine (C=N–C) groups is 5. The average molecular weight is 709 g/mol. The van der Waals surface area contributed by atoms with E-state index in [-0.39, 0.29) is 5.91 Å². The van der Waals surface area contributed by atoms with Gasteiger partial charge in [-0.1, -0.05) is 18.2 Å². The number of carbonyl (C=O) groups is 1. The van der Waals surface area contributed by atoms with Gasteiger partial charge >= 0.3 is 0 Å². The van der Waals surface area contributed by atoms with Crippen molar-refractivity contribution in [3.63, 3.8) is 0 Å². The van der Waals surface area contributed by atoms with Crippen LogP contribution in [0.5, 0.6) is 0 Å². The molecule has 0 N–H and O–H groups in total. The van der Waals surface area contributed by atoms with Crippen molar-refractivity contribution in [2.45, 2.75) is 61.6 Å². The summed E-state index contributed by atoms with van der Waals surface area (Å²) in [4.78, 5) is 34.3. The minimum absolute atomic E-state index is 0.0313. The van der Waals surface area contributed by atoms with Gasteiger partial charge in [-0.2, -0.15) is 0 Å². The molecule has 5 aliphatic heterocycles. The summed E-state index contributed by atoms with van der Waals surface area (Å²) >= 11 is 0. The van der Waals surface area contributed by atoms with Crippen molar-refractivity contribution in [1.29, 1.82) is 0 Å². The molecule has 0 aromatic rings. The van der Waals surface area contributed by atoms with Gasteiger partial charge in [0.1, 0.15) is 16.9 Å². The molecule has 0 fully saturated rings. The van der Waals surface area contributed by atoms with Crippen molar-refractivity contribution < 1.29 is 22.0 Å². The Kier molecular flexibility index (Phi) is 22.3. The Bertz CT molecular complexity index is 1470. The molecular weight excluding hydrogens is 655 g/mol. The zero-order chi connectivity index (χ0) is 37.0. The molecule has 0 bridgehead atoms. The molecule has 0 aromatic carbocycles. The smallest absolute Gasteiger partial charge is 0.271 e. The van der Waals surface area contributed by atoms with E-state index in [9.17, 15) is 22.0 Å². The monoisotopic (exact) mass is 708 g/mol. The summed E-state index contributed by atoms with van der Waals surface area (Å²) in [6, 6.07) is 0. The Morgan fingerprint density at radius 3 is 1.58 bits per heavy atom. The Morgan fingerprint density at radius 2 is 1.33 bits per heavy atom. The summed E-state index contributed by atoms with van der Waals surface area (Å²) in [6.07, 6.45) is 12.0. The summed E-state index contributed by atoms with van der Waals surface area (Å²) in [5, 5.41) is 0.759. The molecule has 3 atom stereocenters. The van der Waals surface area contributed by atoms with Crippen LogP contribution in [0.4, 0.5) is 8.78 Å². The van der Waals surface area contributed by atoms with Gasteiger partial charge in [0.2, 0.25) is 0 Å². The van der Waals surface area contributed by atoms with Crippen LogP contribution in [0.2, 0.25) is 0 Å². The highest BCUT2D eigenvalue weighted by molar-refractivity contribution is 8.00. The molecule has 9 nitrogen and oxygen atoms in total. The van der Waals surface area contributed by atoms with Crippen LogP contribution in [-0.4, -0.2) is 120 Å². The maximum absolute atomic E-state index is 12.5. The normalized spacial score (nSPS) is 18.7. The van der Waals surface area contributed by atoms with Gasteiger partial charge < -0.3 is 4.90 Å². The summed E-state index contributed by atoms with van der Waals surface area (Å²) in [5.74, 6) is 0.0313. The standard InChI is InChI=1S/C9H14N2O.C7H10FN.2C6H9NOS.C6H9N.CH3F/c1-4-11(3)9(12)8-7(2)5-6-10-8;1-5-3-4-9-7(5)6(2)8;1-5-3-7-4-6(5)9(2)8;1-5-3-4-7-6(5)9(2)8;1-5-3-7-4-6(5)2;1-2/h5H,4,6H2,1-3H3;3,6H,4H2,1-2H3;2*3H,4H2,1-2H3;3H,4H2,1-2H3;1H3. The topological polar surface area (TPSA) is 116 Å². The first-order valence-electron chi connectivity index (χ1n) is 15.6. The van der Waals surface area contributed by atoms with Crippen LogP contribution in [-0.2, 0) is 26.4 Å². The number of carbonyl (C=O) groups excluding carboxylic acids is 1. The second kappa shape index (κ2) is 23.9. The molecule has 0 aromatic heterocycles. The Morgan fingerprint density at radius 1 is 0.812 bits per heavy atom. The number of hydrogen-bond acceptors (Lipinski definition) is 8.